The lowest BCUT2D eigenvalue weighted by atomic mass is 10.2. The van der Waals surface area contributed by atoms with E-state index < -0.39 is 0 Å². The second-order valence-corrected chi connectivity index (χ2v) is 6.53. The number of hydrogen-bond acceptors (Lipinski definition) is 7. The number of ether oxygens (including phenoxy) is 2. The molecule has 1 N–H and O–H groups in total. The summed E-state index contributed by atoms with van der Waals surface area (Å²) in [6, 6.07) is 12.1. The van der Waals surface area contributed by atoms with Gasteiger partial charge in [-0.3, -0.25) is 9.59 Å². The van der Waals surface area contributed by atoms with Gasteiger partial charge in [-0.2, -0.15) is 4.98 Å². The average molecular weight is 446 g/mol. The molecule has 0 atom stereocenters. The van der Waals surface area contributed by atoms with E-state index in [1.54, 1.807) is 42.5 Å². The summed E-state index contributed by atoms with van der Waals surface area (Å²) < 4.78 is 16.6. The Morgan fingerprint density at radius 1 is 1.25 bits per heavy atom. The van der Waals surface area contributed by atoms with Gasteiger partial charge in [-0.05, 0) is 30.3 Å². The van der Waals surface area contributed by atoms with Crippen molar-refractivity contribution in [3.8, 4) is 11.5 Å². The zero-order valence-corrected chi connectivity index (χ0v) is 16.4. The van der Waals surface area contributed by atoms with E-state index in [1.807, 2.05) is 0 Å². The SMILES string of the molecule is COc1ccccc1NC(=O)Cc1noc(COc2ccc(Br)cc2C=O)n1. The minimum absolute atomic E-state index is 0.0242. The highest BCUT2D eigenvalue weighted by molar-refractivity contribution is 9.10. The Hall–Kier alpha value is -3.20. The molecule has 8 nitrogen and oxygen atoms in total. The largest absolute Gasteiger partial charge is 0.495 e. The van der Waals surface area contributed by atoms with Gasteiger partial charge in [-0.1, -0.05) is 33.2 Å². The minimum atomic E-state index is -0.311. The highest BCUT2D eigenvalue weighted by Crippen LogP contribution is 2.24. The van der Waals surface area contributed by atoms with Gasteiger partial charge in [0.2, 0.25) is 5.91 Å². The van der Waals surface area contributed by atoms with E-state index in [-0.39, 0.29) is 30.7 Å². The number of hydrogen-bond donors (Lipinski definition) is 1. The van der Waals surface area contributed by atoms with Crippen LogP contribution in [0.2, 0.25) is 0 Å². The van der Waals surface area contributed by atoms with E-state index in [4.69, 9.17) is 14.0 Å². The highest BCUT2D eigenvalue weighted by atomic mass is 79.9. The van der Waals surface area contributed by atoms with Crippen molar-refractivity contribution < 1.29 is 23.6 Å². The summed E-state index contributed by atoms with van der Waals surface area (Å²) in [5.74, 6) is 1.05. The van der Waals surface area contributed by atoms with Crippen LogP contribution in [0.1, 0.15) is 22.1 Å². The fourth-order valence-corrected chi connectivity index (χ4v) is 2.77. The lowest BCUT2D eigenvalue weighted by molar-refractivity contribution is -0.115. The number of amides is 1. The molecule has 1 heterocycles. The predicted octanol–water partition coefficient (Wildman–Crippen LogP) is 3.41. The number of rotatable bonds is 8. The van der Waals surface area contributed by atoms with Crippen molar-refractivity contribution in [1.29, 1.82) is 0 Å². The first-order chi connectivity index (χ1) is 13.6. The summed E-state index contributed by atoms with van der Waals surface area (Å²) in [6.07, 6.45) is 0.626. The second-order valence-electron chi connectivity index (χ2n) is 5.62. The van der Waals surface area contributed by atoms with Gasteiger partial charge in [0.05, 0.1) is 24.8 Å². The van der Waals surface area contributed by atoms with Crippen LogP contribution in [-0.4, -0.2) is 29.4 Å². The zero-order chi connectivity index (χ0) is 19.9. The van der Waals surface area contributed by atoms with Crippen LogP contribution in [0, 0.1) is 0 Å². The van der Waals surface area contributed by atoms with Crippen molar-refractivity contribution in [2.45, 2.75) is 13.0 Å². The number of carbonyl (C=O) groups excluding carboxylic acids is 2. The van der Waals surface area contributed by atoms with E-state index in [2.05, 4.69) is 31.4 Å². The quantitative estimate of drug-likeness (QED) is 0.529. The molecule has 0 saturated heterocycles. The maximum absolute atomic E-state index is 12.2. The monoisotopic (exact) mass is 445 g/mol. The molecule has 0 aliphatic rings. The van der Waals surface area contributed by atoms with Crippen LogP contribution in [0.25, 0.3) is 0 Å². The van der Waals surface area contributed by atoms with Crippen LogP contribution in [-0.2, 0) is 17.8 Å². The average Bonchev–Trinajstić information content (AvgIpc) is 3.14. The molecule has 1 amide bonds. The molecule has 9 heteroatoms. The number of para-hydroxylation sites is 2. The zero-order valence-electron chi connectivity index (χ0n) is 14.8. The van der Waals surface area contributed by atoms with E-state index >= 15 is 0 Å². The molecule has 144 valence electrons. The van der Waals surface area contributed by atoms with Crippen LogP contribution in [0.4, 0.5) is 5.69 Å². The molecule has 2 aromatic carbocycles. The Morgan fingerprint density at radius 3 is 2.86 bits per heavy atom. The van der Waals surface area contributed by atoms with Gasteiger partial charge < -0.3 is 19.3 Å². The molecule has 3 aromatic rings. The number of anilines is 1. The third-order valence-corrected chi connectivity index (χ3v) is 4.15. The molecule has 0 fully saturated rings. The number of aromatic nitrogens is 2. The molecule has 0 radical (unpaired) electrons. The number of methoxy groups -OCH3 is 1. The van der Waals surface area contributed by atoms with Crippen LogP contribution < -0.4 is 14.8 Å². The smallest absolute Gasteiger partial charge is 0.264 e. The summed E-state index contributed by atoms with van der Waals surface area (Å²) >= 11 is 3.29. The molecular weight excluding hydrogens is 430 g/mol. The van der Waals surface area contributed by atoms with E-state index in [1.165, 1.54) is 7.11 Å². The maximum atomic E-state index is 12.2. The van der Waals surface area contributed by atoms with Crippen molar-refractivity contribution in [3.63, 3.8) is 0 Å². The van der Waals surface area contributed by atoms with Gasteiger partial charge in [0.1, 0.15) is 11.5 Å². The first kappa shape index (κ1) is 19.6. The Balaban J connectivity index is 1.58. The fourth-order valence-electron chi connectivity index (χ4n) is 2.39. The van der Waals surface area contributed by atoms with Crippen molar-refractivity contribution >= 4 is 33.8 Å². The van der Waals surface area contributed by atoms with Crippen molar-refractivity contribution in [2.75, 3.05) is 12.4 Å². The summed E-state index contributed by atoms with van der Waals surface area (Å²) in [7, 11) is 1.53. The van der Waals surface area contributed by atoms with Crippen LogP contribution in [0.15, 0.2) is 51.5 Å². The number of carbonyl (C=O) groups is 2. The van der Waals surface area contributed by atoms with Crippen LogP contribution in [0.5, 0.6) is 11.5 Å². The molecule has 3 rings (SSSR count). The number of aldehydes is 1. The molecule has 0 unspecified atom stereocenters. The van der Waals surface area contributed by atoms with Crippen molar-refractivity contribution in [1.82, 2.24) is 10.1 Å². The molecule has 0 spiro atoms. The van der Waals surface area contributed by atoms with Crippen molar-refractivity contribution in [3.05, 3.63) is 64.2 Å². The summed E-state index contributed by atoms with van der Waals surface area (Å²) in [6.45, 7) is -0.0242. The van der Waals surface area contributed by atoms with Gasteiger partial charge in [-0.25, -0.2) is 0 Å². The Bertz CT molecular complexity index is 989. The summed E-state index contributed by atoms with van der Waals surface area (Å²) in [5.41, 5.74) is 0.948. The highest BCUT2D eigenvalue weighted by Gasteiger charge is 2.14. The summed E-state index contributed by atoms with van der Waals surface area (Å²) in [4.78, 5) is 27.4. The maximum Gasteiger partial charge on any atom is 0.264 e. The third-order valence-electron chi connectivity index (χ3n) is 3.66. The Labute approximate surface area is 169 Å². The Morgan fingerprint density at radius 2 is 2.07 bits per heavy atom. The molecule has 0 aliphatic carbocycles. The van der Waals surface area contributed by atoms with Gasteiger partial charge >= 0.3 is 0 Å². The Kier molecular flexibility index (Phi) is 6.38. The first-order valence-corrected chi connectivity index (χ1v) is 9.00. The lowest BCUT2D eigenvalue weighted by Crippen LogP contribution is -2.15. The molecule has 1 aromatic heterocycles. The van der Waals surface area contributed by atoms with E-state index in [0.717, 1.165) is 4.47 Å². The molecule has 0 aliphatic heterocycles. The predicted molar refractivity (Wildman–Crippen MR) is 103 cm³/mol. The van der Waals surface area contributed by atoms with Crippen LogP contribution >= 0.6 is 15.9 Å². The normalized spacial score (nSPS) is 10.4. The second kappa shape index (κ2) is 9.14. The number of benzene rings is 2. The van der Waals surface area contributed by atoms with E-state index in [0.29, 0.717) is 29.0 Å². The third kappa shape index (κ3) is 4.95. The number of nitrogens with zero attached hydrogens (tertiary/aromatic N) is 2. The fraction of sp³-hybridized carbons (Fsp3) is 0.158. The topological polar surface area (TPSA) is 104 Å². The first-order valence-electron chi connectivity index (χ1n) is 8.21. The van der Waals surface area contributed by atoms with Crippen molar-refractivity contribution in [2.24, 2.45) is 0 Å². The van der Waals surface area contributed by atoms with Gasteiger partial charge in [-0.15, -0.1) is 0 Å². The van der Waals surface area contributed by atoms with Gasteiger partial charge in [0, 0.05) is 4.47 Å². The molecule has 0 saturated carbocycles. The van der Waals surface area contributed by atoms with E-state index in [9.17, 15) is 9.59 Å². The molecule has 0 bridgehead atoms. The van der Waals surface area contributed by atoms with Gasteiger partial charge in [0.25, 0.3) is 5.89 Å². The van der Waals surface area contributed by atoms with Crippen LogP contribution in [0.3, 0.4) is 0 Å². The minimum Gasteiger partial charge on any atom is -0.495 e. The number of halogens is 1. The van der Waals surface area contributed by atoms with Gasteiger partial charge in [0.15, 0.2) is 18.7 Å². The summed E-state index contributed by atoms with van der Waals surface area (Å²) in [5, 5.41) is 6.51. The lowest BCUT2D eigenvalue weighted by Gasteiger charge is -2.08. The molecule has 28 heavy (non-hydrogen) atoms. The molecular formula is C19H16BrN3O5. The standard InChI is InChI=1S/C19H16BrN3O5/c1-26-16-5-3-2-4-14(16)21-18(25)9-17-22-19(28-23-17)11-27-15-7-6-13(20)8-12(15)10-24/h2-8,10H,9,11H2,1H3,(H,21,25). The number of nitrogens with one attached hydrogen (secondary N) is 1.